The van der Waals surface area contributed by atoms with Gasteiger partial charge in [0.15, 0.2) is 0 Å². The number of nitrogens with zero attached hydrogens (tertiary/aromatic N) is 2. The zero-order chi connectivity index (χ0) is 13.2. The molecule has 2 rings (SSSR count). The molecule has 0 aliphatic heterocycles. The Morgan fingerprint density at radius 1 is 1.39 bits per heavy atom. The number of rotatable bonds is 5. The molecular formula is C14H20N2O2. The number of ether oxygens (including phenoxy) is 1. The van der Waals surface area contributed by atoms with Gasteiger partial charge in [-0.15, -0.1) is 0 Å². The molecule has 4 nitrogen and oxygen atoms in total. The SMILES string of the molecule is CCOCC(C)(O)Cc1nc2ccccc2n1C. The van der Waals surface area contributed by atoms with Crippen LogP contribution in [-0.4, -0.2) is 33.5 Å². The maximum atomic E-state index is 10.3. The molecule has 1 unspecified atom stereocenters. The minimum Gasteiger partial charge on any atom is -0.387 e. The van der Waals surface area contributed by atoms with Gasteiger partial charge in [-0.1, -0.05) is 12.1 Å². The predicted molar refractivity (Wildman–Crippen MR) is 71.5 cm³/mol. The molecule has 0 fully saturated rings. The zero-order valence-electron chi connectivity index (χ0n) is 11.2. The Bertz CT molecular complexity index is 532. The quantitative estimate of drug-likeness (QED) is 0.879. The van der Waals surface area contributed by atoms with E-state index in [2.05, 4.69) is 4.98 Å². The van der Waals surface area contributed by atoms with Crippen LogP contribution < -0.4 is 0 Å². The number of aromatic nitrogens is 2. The van der Waals surface area contributed by atoms with E-state index in [0.29, 0.717) is 19.6 Å². The van der Waals surface area contributed by atoms with Gasteiger partial charge in [-0.3, -0.25) is 0 Å². The summed E-state index contributed by atoms with van der Waals surface area (Å²) < 4.78 is 7.32. The zero-order valence-corrected chi connectivity index (χ0v) is 11.2. The molecule has 0 saturated heterocycles. The molecule has 0 radical (unpaired) electrons. The van der Waals surface area contributed by atoms with Crippen molar-refractivity contribution in [2.24, 2.45) is 7.05 Å². The van der Waals surface area contributed by atoms with Crippen LogP contribution in [0.3, 0.4) is 0 Å². The number of aryl methyl sites for hydroxylation is 1. The van der Waals surface area contributed by atoms with Gasteiger partial charge >= 0.3 is 0 Å². The fraction of sp³-hybridized carbons (Fsp3) is 0.500. The molecular weight excluding hydrogens is 228 g/mol. The number of hydrogen-bond donors (Lipinski definition) is 1. The van der Waals surface area contributed by atoms with Crippen LogP contribution in [0, 0.1) is 0 Å². The Morgan fingerprint density at radius 2 is 2.11 bits per heavy atom. The van der Waals surface area contributed by atoms with E-state index in [0.717, 1.165) is 16.9 Å². The van der Waals surface area contributed by atoms with Crippen LogP contribution in [0.1, 0.15) is 19.7 Å². The second-order valence-corrected chi connectivity index (χ2v) is 4.89. The van der Waals surface area contributed by atoms with E-state index in [1.807, 2.05) is 42.8 Å². The van der Waals surface area contributed by atoms with Crippen molar-refractivity contribution in [1.29, 1.82) is 0 Å². The molecule has 0 amide bonds. The first-order chi connectivity index (χ1) is 8.53. The number of benzene rings is 1. The summed E-state index contributed by atoms with van der Waals surface area (Å²) in [5.74, 6) is 0.876. The Balaban J connectivity index is 2.23. The van der Waals surface area contributed by atoms with E-state index in [-0.39, 0.29) is 0 Å². The highest BCUT2D eigenvalue weighted by molar-refractivity contribution is 5.75. The Hall–Kier alpha value is -1.39. The summed E-state index contributed by atoms with van der Waals surface area (Å²) in [6.07, 6.45) is 0.484. The van der Waals surface area contributed by atoms with E-state index in [1.54, 1.807) is 6.92 Å². The maximum Gasteiger partial charge on any atom is 0.112 e. The molecule has 0 aliphatic carbocycles. The molecule has 2 aromatic rings. The van der Waals surface area contributed by atoms with Crippen molar-refractivity contribution in [2.45, 2.75) is 25.9 Å². The normalized spacial score (nSPS) is 14.9. The summed E-state index contributed by atoms with van der Waals surface area (Å²) in [6, 6.07) is 7.97. The maximum absolute atomic E-state index is 10.3. The average Bonchev–Trinajstić information content (AvgIpc) is 2.64. The van der Waals surface area contributed by atoms with Gasteiger partial charge in [0.1, 0.15) is 5.82 Å². The molecule has 1 aromatic carbocycles. The fourth-order valence-electron chi connectivity index (χ4n) is 2.07. The van der Waals surface area contributed by atoms with Crippen molar-refractivity contribution in [3.8, 4) is 0 Å². The Labute approximate surface area is 107 Å². The van der Waals surface area contributed by atoms with Gasteiger partial charge < -0.3 is 14.4 Å². The summed E-state index contributed by atoms with van der Waals surface area (Å²) in [7, 11) is 1.97. The molecule has 0 saturated carbocycles. The second kappa shape index (κ2) is 5.08. The van der Waals surface area contributed by atoms with Gasteiger partial charge in [-0.2, -0.15) is 0 Å². The topological polar surface area (TPSA) is 47.3 Å². The highest BCUT2D eigenvalue weighted by atomic mass is 16.5. The molecule has 0 spiro atoms. The lowest BCUT2D eigenvalue weighted by Crippen LogP contribution is -2.34. The summed E-state index contributed by atoms with van der Waals surface area (Å²) in [5, 5.41) is 10.3. The third kappa shape index (κ3) is 2.71. The lowest BCUT2D eigenvalue weighted by atomic mass is 10.0. The van der Waals surface area contributed by atoms with E-state index in [1.165, 1.54) is 0 Å². The fourth-order valence-corrected chi connectivity index (χ4v) is 2.07. The average molecular weight is 248 g/mol. The molecule has 4 heteroatoms. The number of fused-ring (bicyclic) bond motifs is 1. The van der Waals surface area contributed by atoms with Crippen LogP contribution in [0.5, 0.6) is 0 Å². The third-order valence-electron chi connectivity index (χ3n) is 3.04. The summed E-state index contributed by atoms with van der Waals surface area (Å²) >= 11 is 0. The van der Waals surface area contributed by atoms with Gasteiger partial charge in [0.05, 0.1) is 23.2 Å². The largest absolute Gasteiger partial charge is 0.387 e. The molecule has 1 atom stereocenters. The Morgan fingerprint density at radius 3 is 2.78 bits per heavy atom. The van der Waals surface area contributed by atoms with Crippen LogP contribution in [0.2, 0.25) is 0 Å². The minimum atomic E-state index is -0.884. The highest BCUT2D eigenvalue weighted by Gasteiger charge is 2.24. The van der Waals surface area contributed by atoms with Crippen molar-refractivity contribution in [1.82, 2.24) is 9.55 Å². The molecule has 0 bridgehead atoms. The second-order valence-electron chi connectivity index (χ2n) is 4.89. The minimum absolute atomic E-state index is 0.326. The van der Waals surface area contributed by atoms with Crippen molar-refractivity contribution in [3.63, 3.8) is 0 Å². The van der Waals surface area contributed by atoms with Crippen LogP contribution >= 0.6 is 0 Å². The first-order valence-electron chi connectivity index (χ1n) is 6.24. The summed E-state index contributed by atoms with van der Waals surface area (Å²) in [5.41, 5.74) is 1.16. The summed E-state index contributed by atoms with van der Waals surface area (Å²) in [4.78, 5) is 4.55. The lowest BCUT2D eigenvalue weighted by molar-refractivity contribution is -0.0311. The van der Waals surface area contributed by atoms with Crippen molar-refractivity contribution < 1.29 is 9.84 Å². The van der Waals surface area contributed by atoms with Crippen molar-refractivity contribution >= 4 is 11.0 Å². The number of para-hydroxylation sites is 2. The summed E-state index contributed by atoms with van der Waals surface area (Å²) in [6.45, 7) is 4.64. The van der Waals surface area contributed by atoms with Crippen LogP contribution in [0.15, 0.2) is 24.3 Å². The van der Waals surface area contributed by atoms with Gasteiger partial charge in [0, 0.05) is 20.1 Å². The van der Waals surface area contributed by atoms with E-state index in [4.69, 9.17) is 4.74 Å². The van der Waals surface area contributed by atoms with Crippen LogP contribution in [-0.2, 0) is 18.2 Å². The molecule has 98 valence electrons. The molecule has 1 heterocycles. The molecule has 1 aromatic heterocycles. The van der Waals surface area contributed by atoms with E-state index >= 15 is 0 Å². The molecule has 1 N–H and O–H groups in total. The van der Waals surface area contributed by atoms with E-state index in [9.17, 15) is 5.11 Å². The van der Waals surface area contributed by atoms with Gasteiger partial charge in [-0.05, 0) is 26.0 Å². The first-order valence-corrected chi connectivity index (χ1v) is 6.24. The Kier molecular flexibility index (Phi) is 3.68. The number of hydrogen-bond acceptors (Lipinski definition) is 3. The van der Waals surface area contributed by atoms with Gasteiger partial charge in [-0.25, -0.2) is 4.98 Å². The molecule has 18 heavy (non-hydrogen) atoms. The highest BCUT2D eigenvalue weighted by Crippen LogP contribution is 2.18. The monoisotopic (exact) mass is 248 g/mol. The van der Waals surface area contributed by atoms with Gasteiger partial charge in [0.25, 0.3) is 0 Å². The van der Waals surface area contributed by atoms with Crippen molar-refractivity contribution in [3.05, 3.63) is 30.1 Å². The number of aliphatic hydroxyl groups is 1. The third-order valence-corrected chi connectivity index (χ3v) is 3.04. The van der Waals surface area contributed by atoms with Crippen molar-refractivity contribution in [2.75, 3.05) is 13.2 Å². The smallest absolute Gasteiger partial charge is 0.112 e. The van der Waals surface area contributed by atoms with E-state index < -0.39 is 5.60 Å². The standard InChI is InChI=1S/C14H20N2O2/c1-4-18-10-14(2,17)9-13-15-11-7-5-6-8-12(11)16(13)3/h5-8,17H,4,9-10H2,1-3H3. The van der Waals surface area contributed by atoms with Gasteiger partial charge in [0.2, 0.25) is 0 Å². The first kappa shape index (κ1) is 13.1. The lowest BCUT2D eigenvalue weighted by Gasteiger charge is -2.22. The van der Waals surface area contributed by atoms with Crippen LogP contribution in [0.25, 0.3) is 11.0 Å². The van der Waals surface area contributed by atoms with Crippen LogP contribution in [0.4, 0.5) is 0 Å². The predicted octanol–water partition coefficient (Wildman–Crippen LogP) is 1.90. The number of imidazole rings is 1. The molecule has 0 aliphatic rings.